The lowest BCUT2D eigenvalue weighted by Gasteiger charge is -2.25. The summed E-state index contributed by atoms with van der Waals surface area (Å²) < 4.78 is 19.4. The molecule has 3 rings (SSSR count). The average molecular weight is 468 g/mol. The molecule has 1 fully saturated rings. The summed E-state index contributed by atoms with van der Waals surface area (Å²) in [4.78, 5) is 14.9. The van der Waals surface area contributed by atoms with Crippen LogP contribution in [0, 0.1) is 9.39 Å². The average Bonchev–Trinajstić information content (AvgIpc) is 3.08. The minimum atomic E-state index is -0.217. The standard InChI is InChI=1S/C20H22FIN2O2/c1-26-19-9-8-16(22)11-18(19)20(25)23-12-17-3-2-10-24(17)13-14-4-6-15(21)7-5-14/h4-9,11,17H,2-3,10,12-13H2,1H3,(H,23,25). The van der Waals surface area contributed by atoms with Gasteiger partial charge in [-0.2, -0.15) is 0 Å². The Morgan fingerprint density at radius 3 is 2.81 bits per heavy atom. The third-order valence-corrected chi connectivity index (χ3v) is 5.37. The maximum absolute atomic E-state index is 13.1. The summed E-state index contributed by atoms with van der Waals surface area (Å²) in [5, 5.41) is 3.04. The van der Waals surface area contributed by atoms with Crippen LogP contribution < -0.4 is 10.1 Å². The fourth-order valence-corrected chi connectivity index (χ4v) is 3.81. The summed E-state index contributed by atoms with van der Waals surface area (Å²) in [6.45, 7) is 2.35. The lowest BCUT2D eigenvalue weighted by Crippen LogP contribution is -2.39. The van der Waals surface area contributed by atoms with E-state index in [4.69, 9.17) is 4.74 Å². The van der Waals surface area contributed by atoms with E-state index >= 15 is 0 Å². The Kier molecular flexibility index (Phi) is 6.48. The maximum Gasteiger partial charge on any atom is 0.255 e. The molecule has 0 radical (unpaired) electrons. The number of halogens is 2. The van der Waals surface area contributed by atoms with Gasteiger partial charge < -0.3 is 10.1 Å². The molecule has 0 saturated carbocycles. The van der Waals surface area contributed by atoms with E-state index in [1.807, 2.05) is 30.3 Å². The van der Waals surface area contributed by atoms with Crippen LogP contribution in [0.5, 0.6) is 5.75 Å². The van der Waals surface area contributed by atoms with Crippen molar-refractivity contribution < 1.29 is 13.9 Å². The van der Waals surface area contributed by atoms with Crippen LogP contribution in [0.4, 0.5) is 4.39 Å². The van der Waals surface area contributed by atoms with Gasteiger partial charge in [0.15, 0.2) is 0 Å². The topological polar surface area (TPSA) is 41.6 Å². The van der Waals surface area contributed by atoms with Crippen molar-refractivity contribution in [1.82, 2.24) is 10.2 Å². The summed E-state index contributed by atoms with van der Waals surface area (Å²) in [5.74, 6) is 0.247. The van der Waals surface area contributed by atoms with Crippen molar-refractivity contribution in [2.24, 2.45) is 0 Å². The van der Waals surface area contributed by atoms with Gasteiger partial charge in [-0.3, -0.25) is 9.69 Å². The summed E-state index contributed by atoms with van der Waals surface area (Å²) >= 11 is 2.19. The number of ether oxygens (including phenoxy) is 1. The number of hydrogen-bond acceptors (Lipinski definition) is 3. The van der Waals surface area contributed by atoms with Crippen molar-refractivity contribution in [2.45, 2.75) is 25.4 Å². The van der Waals surface area contributed by atoms with Gasteiger partial charge in [0.25, 0.3) is 5.91 Å². The molecule has 1 atom stereocenters. The fourth-order valence-electron chi connectivity index (χ4n) is 3.32. The van der Waals surface area contributed by atoms with E-state index in [1.165, 1.54) is 12.1 Å². The molecule has 1 saturated heterocycles. The number of hydrogen-bond donors (Lipinski definition) is 1. The van der Waals surface area contributed by atoms with Gasteiger partial charge in [-0.25, -0.2) is 4.39 Å². The van der Waals surface area contributed by atoms with E-state index in [1.54, 1.807) is 7.11 Å². The van der Waals surface area contributed by atoms with E-state index in [0.717, 1.165) is 35.1 Å². The van der Waals surface area contributed by atoms with Crippen LogP contribution in [-0.2, 0) is 6.54 Å². The number of rotatable bonds is 6. The molecular formula is C20H22FIN2O2. The molecule has 138 valence electrons. The normalized spacial score (nSPS) is 17.3. The molecule has 1 N–H and O–H groups in total. The smallest absolute Gasteiger partial charge is 0.255 e. The Morgan fingerprint density at radius 1 is 1.31 bits per heavy atom. The van der Waals surface area contributed by atoms with Crippen molar-refractivity contribution in [3.05, 3.63) is 63.0 Å². The van der Waals surface area contributed by atoms with Gasteiger partial charge in [0.05, 0.1) is 12.7 Å². The molecule has 1 heterocycles. The Balaban J connectivity index is 1.60. The number of methoxy groups -OCH3 is 1. The first kappa shape index (κ1) is 19.1. The van der Waals surface area contributed by atoms with Gasteiger partial charge in [0.2, 0.25) is 0 Å². The van der Waals surface area contributed by atoms with Crippen molar-refractivity contribution in [3.63, 3.8) is 0 Å². The van der Waals surface area contributed by atoms with Crippen molar-refractivity contribution in [1.29, 1.82) is 0 Å². The van der Waals surface area contributed by atoms with Crippen LogP contribution in [0.3, 0.4) is 0 Å². The van der Waals surface area contributed by atoms with E-state index in [0.29, 0.717) is 17.9 Å². The zero-order chi connectivity index (χ0) is 18.5. The van der Waals surface area contributed by atoms with E-state index in [9.17, 15) is 9.18 Å². The summed E-state index contributed by atoms with van der Waals surface area (Å²) in [6.07, 6.45) is 2.15. The first-order valence-electron chi connectivity index (χ1n) is 8.67. The molecule has 2 aromatic carbocycles. The maximum atomic E-state index is 13.1. The lowest BCUT2D eigenvalue weighted by atomic mass is 10.1. The molecule has 4 nitrogen and oxygen atoms in total. The largest absolute Gasteiger partial charge is 0.496 e. The van der Waals surface area contributed by atoms with E-state index in [2.05, 4.69) is 32.8 Å². The van der Waals surface area contributed by atoms with Crippen LogP contribution >= 0.6 is 22.6 Å². The van der Waals surface area contributed by atoms with Crippen LogP contribution in [0.1, 0.15) is 28.8 Å². The minimum Gasteiger partial charge on any atom is -0.496 e. The molecule has 1 aliphatic heterocycles. The molecule has 0 spiro atoms. The van der Waals surface area contributed by atoms with Crippen molar-refractivity contribution in [3.8, 4) is 5.75 Å². The van der Waals surface area contributed by atoms with Gasteiger partial charge >= 0.3 is 0 Å². The molecule has 6 heteroatoms. The molecule has 26 heavy (non-hydrogen) atoms. The predicted octanol–water partition coefficient (Wildman–Crippen LogP) is 3.83. The number of carbonyl (C=O) groups is 1. The highest BCUT2D eigenvalue weighted by Gasteiger charge is 2.25. The lowest BCUT2D eigenvalue weighted by molar-refractivity contribution is 0.0936. The number of benzene rings is 2. The monoisotopic (exact) mass is 468 g/mol. The van der Waals surface area contributed by atoms with Crippen LogP contribution in [0.25, 0.3) is 0 Å². The Labute approximate surface area is 166 Å². The van der Waals surface area contributed by atoms with Crippen LogP contribution in [0.15, 0.2) is 42.5 Å². The minimum absolute atomic E-state index is 0.117. The molecule has 1 aliphatic rings. The van der Waals surface area contributed by atoms with Crippen molar-refractivity contribution in [2.75, 3.05) is 20.2 Å². The number of carbonyl (C=O) groups excluding carboxylic acids is 1. The highest BCUT2D eigenvalue weighted by molar-refractivity contribution is 14.1. The summed E-state index contributed by atoms with van der Waals surface area (Å²) in [6, 6.07) is 12.5. The third kappa shape index (κ3) is 4.73. The predicted molar refractivity (Wildman–Crippen MR) is 108 cm³/mol. The van der Waals surface area contributed by atoms with Crippen LogP contribution in [-0.4, -0.2) is 37.0 Å². The number of nitrogens with zero attached hydrogens (tertiary/aromatic N) is 1. The highest BCUT2D eigenvalue weighted by atomic mass is 127. The first-order chi connectivity index (χ1) is 12.6. The van der Waals surface area contributed by atoms with Crippen LogP contribution in [0.2, 0.25) is 0 Å². The molecule has 2 aromatic rings. The zero-order valence-electron chi connectivity index (χ0n) is 14.7. The molecular weight excluding hydrogens is 446 g/mol. The van der Waals surface area contributed by atoms with Gasteiger partial charge in [-0.05, 0) is 77.9 Å². The molecule has 0 aromatic heterocycles. The third-order valence-electron chi connectivity index (χ3n) is 4.70. The zero-order valence-corrected chi connectivity index (χ0v) is 16.8. The van der Waals surface area contributed by atoms with E-state index in [-0.39, 0.29) is 17.8 Å². The molecule has 1 unspecified atom stereocenters. The number of likely N-dealkylation sites (tertiary alicyclic amines) is 1. The second-order valence-electron chi connectivity index (χ2n) is 6.45. The Bertz CT molecular complexity index is 767. The van der Waals surface area contributed by atoms with Gasteiger partial charge in [-0.15, -0.1) is 0 Å². The quantitative estimate of drug-likeness (QED) is 0.656. The first-order valence-corrected chi connectivity index (χ1v) is 9.75. The van der Waals surface area contributed by atoms with Crippen molar-refractivity contribution >= 4 is 28.5 Å². The second-order valence-corrected chi connectivity index (χ2v) is 7.69. The summed E-state index contributed by atoms with van der Waals surface area (Å²) in [5.41, 5.74) is 1.64. The Morgan fingerprint density at radius 2 is 2.08 bits per heavy atom. The number of amides is 1. The second kappa shape index (κ2) is 8.81. The van der Waals surface area contributed by atoms with E-state index < -0.39 is 0 Å². The molecule has 0 aliphatic carbocycles. The molecule has 0 bridgehead atoms. The highest BCUT2D eigenvalue weighted by Crippen LogP contribution is 2.22. The van der Waals surface area contributed by atoms with Gasteiger partial charge in [0.1, 0.15) is 11.6 Å². The summed E-state index contributed by atoms with van der Waals surface area (Å²) in [7, 11) is 1.57. The number of nitrogens with one attached hydrogen (secondary N) is 1. The Hall–Kier alpha value is -1.67. The van der Waals surface area contributed by atoms with Gasteiger partial charge in [0, 0.05) is 22.7 Å². The fraction of sp³-hybridized carbons (Fsp3) is 0.350. The SMILES string of the molecule is COc1ccc(I)cc1C(=O)NCC1CCCN1Cc1ccc(F)cc1. The molecule has 1 amide bonds. The van der Waals surface area contributed by atoms with Gasteiger partial charge in [-0.1, -0.05) is 12.1 Å².